The van der Waals surface area contributed by atoms with Gasteiger partial charge < -0.3 is 9.84 Å². The van der Waals surface area contributed by atoms with Gasteiger partial charge in [0.1, 0.15) is 4.83 Å². The number of fused-ring (bicyclic) bond motifs is 3. The number of carboxylic acid groups (broad SMARTS) is 1. The fourth-order valence-corrected chi connectivity index (χ4v) is 6.05. The SMILES string of the molecule is CCCCOC(C(=O)O)c1c(C)nc2sc3c(c2c1I)CCCC3. The zero-order chi connectivity index (χ0) is 17.3. The first kappa shape index (κ1) is 18.1. The predicted octanol–water partition coefficient (Wildman–Crippen LogP) is 5.03. The lowest BCUT2D eigenvalue weighted by Gasteiger charge is -2.19. The van der Waals surface area contributed by atoms with Crippen molar-refractivity contribution in [2.75, 3.05) is 6.61 Å². The molecule has 2 heterocycles. The summed E-state index contributed by atoms with van der Waals surface area (Å²) >= 11 is 4.07. The van der Waals surface area contributed by atoms with E-state index in [-0.39, 0.29) is 0 Å². The summed E-state index contributed by atoms with van der Waals surface area (Å²) in [5, 5.41) is 10.9. The van der Waals surface area contributed by atoms with Crippen LogP contribution >= 0.6 is 33.9 Å². The van der Waals surface area contributed by atoms with Crippen molar-refractivity contribution in [2.45, 2.75) is 58.5 Å². The van der Waals surface area contributed by atoms with E-state index in [1.54, 1.807) is 11.3 Å². The largest absolute Gasteiger partial charge is 0.479 e. The minimum Gasteiger partial charge on any atom is -0.479 e. The maximum Gasteiger partial charge on any atom is 0.337 e. The molecular formula is C18H22INO3S. The molecule has 4 nitrogen and oxygen atoms in total. The third kappa shape index (κ3) is 3.32. The van der Waals surface area contributed by atoms with Crippen LogP contribution in [0.2, 0.25) is 0 Å². The number of aliphatic carboxylic acids is 1. The van der Waals surface area contributed by atoms with Crippen LogP contribution in [0.25, 0.3) is 10.2 Å². The maximum atomic E-state index is 11.8. The van der Waals surface area contributed by atoms with Gasteiger partial charge in [-0.3, -0.25) is 0 Å². The highest BCUT2D eigenvalue weighted by molar-refractivity contribution is 14.1. The number of carbonyl (C=O) groups is 1. The number of hydrogen-bond donors (Lipinski definition) is 1. The molecule has 0 fully saturated rings. The molecule has 0 aromatic carbocycles. The van der Waals surface area contributed by atoms with Crippen LogP contribution in [0.4, 0.5) is 0 Å². The summed E-state index contributed by atoms with van der Waals surface area (Å²) in [6.45, 7) is 4.43. The fraction of sp³-hybridized carbons (Fsp3) is 0.556. The summed E-state index contributed by atoms with van der Waals surface area (Å²) in [5.74, 6) is -0.933. The number of unbranched alkanes of at least 4 members (excludes halogenated alkanes) is 1. The van der Waals surface area contributed by atoms with Crippen molar-refractivity contribution in [2.24, 2.45) is 0 Å². The van der Waals surface area contributed by atoms with E-state index in [4.69, 9.17) is 9.72 Å². The molecule has 1 atom stereocenters. The maximum absolute atomic E-state index is 11.8. The lowest BCUT2D eigenvalue weighted by atomic mass is 9.95. The van der Waals surface area contributed by atoms with Gasteiger partial charge in [0.15, 0.2) is 6.10 Å². The second-order valence-corrected chi connectivity index (χ2v) is 8.42. The lowest BCUT2D eigenvalue weighted by Crippen LogP contribution is -2.19. The summed E-state index contributed by atoms with van der Waals surface area (Å²) in [7, 11) is 0. The molecule has 0 aliphatic heterocycles. The van der Waals surface area contributed by atoms with Gasteiger partial charge in [0.25, 0.3) is 0 Å². The number of ether oxygens (including phenoxy) is 1. The van der Waals surface area contributed by atoms with Gasteiger partial charge in [0.2, 0.25) is 0 Å². The molecule has 0 saturated carbocycles. The number of hydrogen-bond acceptors (Lipinski definition) is 4. The van der Waals surface area contributed by atoms with Gasteiger partial charge in [-0.1, -0.05) is 13.3 Å². The molecule has 2 aromatic heterocycles. The van der Waals surface area contributed by atoms with Crippen LogP contribution in [0, 0.1) is 10.5 Å². The van der Waals surface area contributed by atoms with E-state index in [0.717, 1.165) is 45.3 Å². The molecular weight excluding hydrogens is 437 g/mol. The summed E-state index contributed by atoms with van der Waals surface area (Å²) < 4.78 is 6.73. The van der Waals surface area contributed by atoms with Gasteiger partial charge in [0.05, 0.1) is 0 Å². The van der Waals surface area contributed by atoms with Crippen LogP contribution < -0.4 is 0 Å². The fourth-order valence-electron chi connectivity index (χ4n) is 3.29. The van der Waals surface area contributed by atoms with E-state index in [2.05, 4.69) is 29.5 Å². The molecule has 2 aromatic rings. The Morgan fingerprint density at radius 2 is 2.17 bits per heavy atom. The zero-order valence-electron chi connectivity index (χ0n) is 14.0. The molecule has 6 heteroatoms. The number of nitrogens with zero attached hydrogens (tertiary/aromatic N) is 1. The molecule has 0 amide bonds. The third-order valence-electron chi connectivity index (χ3n) is 4.54. The van der Waals surface area contributed by atoms with Gasteiger partial charge in [-0.15, -0.1) is 11.3 Å². The molecule has 3 rings (SSSR count). The minimum atomic E-state index is -0.933. The molecule has 1 aliphatic carbocycles. The number of pyridine rings is 1. The molecule has 0 radical (unpaired) electrons. The number of rotatable bonds is 6. The van der Waals surface area contributed by atoms with E-state index in [9.17, 15) is 9.90 Å². The second kappa shape index (κ2) is 7.66. The molecule has 0 spiro atoms. The van der Waals surface area contributed by atoms with Crippen molar-refractivity contribution >= 4 is 50.1 Å². The van der Waals surface area contributed by atoms with Crippen LogP contribution in [0.3, 0.4) is 0 Å². The molecule has 1 unspecified atom stereocenters. The summed E-state index contributed by atoms with van der Waals surface area (Å²) in [4.78, 5) is 19.0. The highest BCUT2D eigenvalue weighted by Gasteiger charge is 2.29. The van der Waals surface area contributed by atoms with Crippen molar-refractivity contribution in [3.63, 3.8) is 0 Å². The molecule has 0 bridgehead atoms. The molecule has 130 valence electrons. The monoisotopic (exact) mass is 459 g/mol. The first-order valence-electron chi connectivity index (χ1n) is 8.49. The number of aromatic nitrogens is 1. The van der Waals surface area contributed by atoms with Gasteiger partial charge in [-0.2, -0.15) is 0 Å². The standard InChI is InChI=1S/C18H22INO3S/c1-3-4-9-23-16(18(21)22)13-10(2)20-17-14(15(13)19)11-7-5-6-8-12(11)24-17/h16H,3-9H2,1-2H3,(H,21,22). The van der Waals surface area contributed by atoms with Crippen LogP contribution in [-0.4, -0.2) is 22.7 Å². The molecule has 24 heavy (non-hydrogen) atoms. The van der Waals surface area contributed by atoms with E-state index in [1.807, 2.05) is 6.92 Å². The Bertz CT molecular complexity index is 771. The molecule has 0 saturated heterocycles. The van der Waals surface area contributed by atoms with E-state index in [0.29, 0.717) is 6.61 Å². The van der Waals surface area contributed by atoms with Crippen molar-refractivity contribution < 1.29 is 14.6 Å². The van der Waals surface area contributed by atoms with Gasteiger partial charge in [0, 0.05) is 31.7 Å². The first-order chi connectivity index (χ1) is 11.5. The Kier molecular flexibility index (Phi) is 5.77. The van der Waals surface area contributed by atoms with Crippen molar-refractivity contribution in [3.05, 3.63) is 25.3 Å². The summed E-state index contributed by atoms with van der Waals surface area (Å²) in [6, 6.07) is 0. The average molecular weight is 459 g/mol. The number of carboxylic acids is 1. The predicted molar refractivity (Wildman–Crippen MR) is 105 cm³/mol. The number of thiophene rings is 1. The minimum absolute atomic E-state index is 0.461. The summed E-state index contributed by atoms with van der Waals surface area (Å²) in [6.07, 6.45) is 5.55. The van der Waals surface area contributed by atoms with Crippen LogP contribution in [0.5, 0.6) is 0 Å². The smallest absolute Gasteiger partial charge is 0.337 e. The van der Waals surface area contributed by atoms with Gasteiger partial charge >= 0.3 is 5.97 Å². The normalized spacial score (nSPS) is 15.5. The Balaban J connectivity index is 2.10. The van der Waals surface area contributed by atoms with Crippen molar-refractivity contribution in [3.8, 4) is 0 Å². The Morgan fingerprint density at radius 1 is 1.42 bits per heavy atom. The van der Waals surface area contributed by atoms with E-state index in [1.165, 1.54) is 28.7 Å². The molecule has 1 aliphatic rings. The van der Waals surface area contributed by atoms with Crippen molar-refractivity contribution in [1.29, 1.82) is 0 Å². The highest BCUT2D eigenvalue weighted by Crippen LogP contribution is 2.41. The van der Waals surface area contributed by atoms with Crippen molar-refractivity contribution in [1.82, 2.24) is 4.98 Å². The third-order valence-corrected chi connectivity index (χ3v) is 6.84. The first-order valence-corrected chi connectivity index (χ1v) is 10.4. The molecule has 1 N–H and O–H groups in total. The Hall–Kier alpha value is -0.730. The Labute approximate surface area is 159 Å². The van der Waals surface area contributed by atoms with Crippen LogP contribution in [-0.2, 0) is 22.4 Å². The number of halogens is 1. The van der Waals surface area contributed by atoms with E-state index < -0.39 is 12.1 Å². The quantitative estimate of drug-likeness (QED) is 0.486. The average Bonchev–Trinajstić information content (AvgIpc) is 2.91. The van der Waals surface area contributed by atoms with Crippen LogP contribution in [0.1, 0.15) is 60.4 Å². The van der Waals surface area contributed by atoms with Gasteiger partial charge in [-0.05, 0) is 67.2 Å². The highest BCUT2D eigenvalue weighted by atomic mass is 127. The Morgan fingerprint density at radius 3 is 2.88 bits per heavy atom. The topological polar surface area (TPSA) is 59.4 Å². The number of aryl methyl sites for hydroxylation is 3. The van der Waals surface area contributed by atoms with Crippen LogP contribution in [0.15, 0.2) is 0 Å². The summed E-state index contributed by atoms with van der Waals surface area (Å²) in [5.41, 5.74) is 2.89. The second-order valence-electron chi connectivity index (χ2n) is 6.26. The zero-order valence-corrected chi connectivity index (χ0v) is 17.0. The van der Waals surface area contributed by atoms with Gasteiger partial charge in [-0.25, -0.2) is 9.78 Å². The lowest BCUT2D eigenvalue weighted by molar-refractivity contribution is -0.151. The van der Waals surface area contributed by atoms with E-state index >= 15 is 0 Å².